The predicted molar refractivity (Wildman–Crippen MR) is 42.7 cm³/mol. The quantitative estimate of drug-likeness (QED) is 0.407. The van der Waals surface area contributed by atoms with E-state index in [1.807, 2.05) is 0 Å². The summed E-state index contributed by atoms with van der Waals surface area (Å²) in [7, 11) is 0. The second-order valence-corrected chi connectivity index (χ2v) is 3.73. The van der Waals surface area contributed by atoms with Crippen LogP contribution in [0.3, 0.4) is 0 Å². The van der Waals surface area contributed by atoms with Crippen LogP contribution in [-0.4, -0.2) is 56.5 Å². The summed E-state index contributed by atoms with van der Waals surface area (Å²) >= 11 is 2.99. The van der Waals surface area contributed by atoms with Crippen LogP contribution in [0.2, 0.25) is 0 Å². The Morgan fingerprint density at radius 3 is 2.25 bits per heavy atom. The van der Waals surface area contributed by atoms with Gasteiger partial charge in [-0.25, -0.2) is 0 Å². The molecule has 6 heteroatoms. The highest BCUT2D eigenvalue weighted by Gasteiger charge is 2.42. The Hall–Kier alpha value is 0.280. The van der Waals surface area contributed by atoms with E-state index in [1.54, 1.807) is 0 Å². The van der Waals surface area contributed by atoms with Gasteiger partial charge in [0.2, 0.25) is 0 Å². The van der Waals surface area contributed by atoms with E-state index in [0.717, 1.165) is 0 Å². The third kappa shape index (κ3) is 1.78. The summed E-state index contributed by atoms with van der Waals surface area (Å²) < 4.78 is 4.71. The first-order valence-electron chi connectivity index (χ1n) is 3.52. The van der Waals surface area contributed by atoms with E-state index in [9.17, 15) is 5.11 Å². The first kappa shape index (κ1) is 10.4. The lowest BCUT2D eigenvalue weighted by molar-refractivity contribution is -0.247. The number of aliphatic hydroxyl groups is 4. The van der Waals surface area contributed by atoms with Gasteiger partial charge in [0, 0.05) is 0 Å². The third-order valence-electron chi connectivity index (χ3n) is 1.82. The van der Waals surface area contributed by atoms with Gasteiger partial charge in [0.05, 0.1) is 17.5 Å². The minimum atomic E-state index is -1.37. The van der Waals surface area contributed by atoms with Crippen LogP contribution in [-0.2, 0) is 4.74 Å². The monoisotopic (exact) mass is 242 g/mol. The summed E-state index contributed by atoms with van der Waals surface area (Å²) in [6, 6.07) is 0. The van der Waals surface area contributed by atoms with E-state index >= 15 is 0 Å². The molecule has 5 atom stereocenters. The average Bonchev–Trinajstić information content (AvgIpc) is 2.08. The van der Waals surface area contributed by atoms with E-state index in [2.05, 4.69) is 15.9 Å². The Morgan fingerprint density at radius 2 is 1.75 bits per heavy atom. The van der Waals surface area contributed by atoms with Gasteiger partial charge in [0.15, 0.2) is 6.29 Å². The molecule has 72 valence electrons. The second-order valence-electron chi connectivity index (χ2n) is 2.67. The maximum Gasteiger partial charge on any atom is 0.182 e. The Morgan fingerprint density at radius 1 is 1.17 bits per heavy atom. The molecule has 0 radical (unpaired) electrons. The van der Waals surface area contributed by atoms with Crippen molar-refractivity contribution < 1.29 is 25.2 Å². The summed E-state index contributed by atoms with van der Waals surface area (Å²) in [4.78, 5) is -0.682. The summed E-state index contributed by atoms with van der Waals surface area (Å²) in [6.07, 6.45) is -4.42. The van der Waals surface area contributed by atoms with Crippen molar-refractivity contribution in [1.82, 2.24) is 0 Å². The van der Waals surface area contributed by atoms with Crippen LogP contribution >= 0.6 is 15.9 Å². The minimum Gasteiger partial charge on any atom is -0.394 e. The van der Waals surface area contributed by atoms with Crippen LogP contribution in [0.15, 0.2) is 0 Å². The molecule has 1 heterocycles. The molecule has 1 fully saturated rings. The molecule has 1 aliphatic rings. The van der Waals surface area contributed by atoms with Crippen molar-refractivity contribution in [2.45, 2.75) is 29.4 Å². The van der Waals surface area contributed by atoms with Gasteiger partial charge < -0.3 is 25.2 Å². The molecule has 1 aliphatic heterocycles. The summed E-state index contributed by atoms with van der Waals surface area (Å²) in [5.41, 5.74) is 0. The highest BCUT2D eigenvalue weighted by atomic mass is 79.9. The third-order valence-corrected chi connectivity index (χ3v) is 2.90. The first-order chi connectivity index (χ1) is 5.57. The molecule has 0 saturated carbocycles. The molecule has 1 unspecified atom stereocenters. The number of halogens is 1. The lowest BCUT2D eigenvalue weighted by Crippen LogP contribution is -2.56. The zero-order valence-corrected chi connectivity index (χ0v) is 7.75. The van der Waals surface area contributed by atoms with Crippen molar-refractivity contribution >= 4 is 15.9 Å². The number of alkyl halides is 1. The number of ether oxygens (including phenoxy) is 1. The molecule has 5 nitrogen and oxygen atoms in total. The molecule has 1 saturated heterocycles. The van der Waals surface area contributed by atoms with Crippen LogP contribution in [0.1, 0.15) is 0 Å². The molecule has 0 aromatic heterocycles. The molecular weight excluding hydrogens is 232 g/mol. The van der Waals surface area contributed by atoms with Crippen molar-refractivity contribution in [2.24, 2.45) is 0 Å². The zero-order chi connectivity index (χ0) is 9.30. The molecule has 12 heavy (non-hydrogen) atoms. The second kappa shape index (κ2) is 3.99. The van der Waals surface area contributed by atoms with Crippen molar-refractivity contribution in [1.29, 1.82) is 0 Å². The predicted octanol–water partition coefficient (Wildman–Crippen LogP) is -1.82. The SMILES string of the molecule is OC[C@H]1OC(O)[C@H](O)[C@@H](Br)[C@@H]1O. The normalized spacial score (nSPS) is 49.2. The van der Waals surface area contributed by atoms with Crippen LogP contribution < -0.4 is 0 Å². The maximum atomic E-state index is 9.32. The van der Waals surface area contributed by atoms with Gasteiger partial charge in [-0.1, -0.05) is 15.9 Å². The highest BCUT2D eigenvalue weighted by molar-refractivity contribution is 9.09. The van der Waals surface area contributed by atoms with Gasteiger partial charge in [-0.15, -0.1) is 0 Å². The van der Waals surface area contributed by atoms with Crippen molar-refractivity contribution in [3.63, 3.8) is 0 Å². The average molecular weight is 243 g/mol. The minimum absolute atomic E-state index is 0.396. The number of hydrogen-bond acceptors (Lipinski definition) is 5. The smallest absolute Gasteiger partial charge is 0.182 e. The number of aliphatic hydroxyl groups excluding tert-OH is 4. The molecular formula is C6H11BrO5. The van der Waals surface area contributed by atoms with Gasteiger partial charge in [-0.05, 0) is 0 Å². The van der Waals surface area contributed by atoms with Gasteiger partial charge in [-0.2, -0.15) is 0 Å². The van der Waals surface area contributed by atoms with Crippen LogP contribution in [0.25, 0.3) is 0 Å². The van der Waals surface area contributed by atoms with Gasteiger partial charge in [0.1, 0.15) is 12.2 Å². The molecule has 0 aliphatic carbocycles. The van der Waals surface area contributed by atoms with Crippen LogP contribution in [0.5, 0.6) is 0 Å². The van der Waals surface area contributed by atoms with Crippen molar-refractivity contribution in [2.75, 3.05) is 6.61 Å². The van der Waals surface area contributed by atoms with Crippen LogP contribution in [0.4, 0.5) is 0 Å². The fourth-order valence-electron chi connectivity index (χ4n) is 1.06. The Balaban J connectivity index is 2.63. The lowest BCUT2D eigenvalue weighted by Gasteiger charge is -2.37. The van der Waals surface area contributed by atoms with Gasteiger partial charge in [-0.3, -0.25) is 0 Å². The molecule has 0 aromatic carbocycles. The van der Waals surface area contributed by atoms with E-state index in [1.165, 1.54) is 0 Å². The van der Waals surface area contributed by atoms with E-state index in [4.69, 9.17) is 20.1 Å². The van der Waals surface area contributed by atoms with E-state index in [0.29, 0.717) is 0 Å². The van der Waals surface area contributed by atoms with Gasteiger partial charge in [0.25, 0.3) is 0 Å². The summed E-state index contributed by atoms with van der Waals surface area (Å²) in [5, 5.41) is 36.2. The summed E-state index contributed by atoms with van der Waals surface area (Å²) in [5.74, 6) is 0. The van der Waals surface area contributed by atoms with Crippen LogP contribution in [0, 0.1) is 0 Å². The number of rotatable bonds is 1. The van der Waals surface area contributed by atoms with Crippen molar-refractivity contribution in [3.05, 3.63) is 0 Å². The van der Waals surface area contributed by atoms with E-state index in [-0.39, 0.29) is 0 Å². The molecule has 4 N–H and O–H groups in total. The molecule has 0 bridgehead atoms. The molecule has 0 aromatic rings. The molecule has 1 rings (SSSR count). The Bertz CT molecular complexity index is 150. The fourth-order valence-corrected chi connectivity index (χ4v) is 1.66. The highest BCUT2D eigenvalue weighted by Crippen LogP contribution is 2.24. The summed E-state index contributed by atoms with van der Waals surface area (Å²) in [6.45, 7) is -0.396. The number of hydrogen-bond donors (Lipinski definition) is 4. The Labute approximate surface area is 77.7 Å². The molecule has 0 amide bonds. The fraction of sp³-hybridized carbons (Fsp3) is 1.00. The first-order valence-corrected chi connectivity index (χ1v) is 4.44. The topological polar surface area (TPSA) is 90.2 Å². The van der Waals surface area contributed by atoms with Gasteiger partial charge >= 0.3 is 0 Å². The lowest BCUT2D eigenvalue weighted by atomic mass is 10.0. The largest absolute Gasteiger partial charge is 0.394 e. The van der Waals surface area contributed by atoms with Crippen molar-refractivity contribution in [3.8, 4) is 0 Å². The standard InChI is InChI=1S/C6H11BrO5/c7-3-4(9)2(1-8)12-6(11)5(3)10/h2-6,8-11H,1H2/t2-,3+,4-,5-,6?/m1/s1. The van der Waals surface area contributed by atoms with E-state index < -0.39 is 36.0 Å². The zero-order valence-electron chi connectivity index (χ0n) is 6.17. The maximum absolute atomic E-state index is 9.32. The molecule has 0 spiro atoms. The Kier molecular flexibility index (Phi) is 3.45.